The van der Waals surface area contributed by atoms with Crippen LogP contribution in [-0.2, 0) is 0 Å². The second kappa shape index (κ2) is 4.42. The molecule has 3 aromatic heterocycles. The van der Waals surface area contributed by atoms with Crippen molar-refractivity contribution in [2.24, 2.45) is 0 Å². The molecule has 4 rings (SSSR count). The van der Waals surface area contributed by atoms with E-state index in [0.717, 1.165) is 28.3 Å². The standard InChI is InChI=1S/C14H12N6S/c1-8-6-12(20-14(18-8)16-7-17-20)19-10-2-3-11-9(13(10)15)4-5-21-11/h2-7,19H,15H2,1H3. The molecule has 6 nitrogen and oxygen atoms in total. The molecule has 3 heterocycles. The van der Waals surface area contributed by atoms with Crippen LogP contribution in [0.25, 0.3) is 15.9 Å². The highest BCUT2D eigenvalue weighted by Crippen LogP contribution is 2.33. The van der Waals surface area contributed by atoms with E-state index in [4.69, 9.17) is 5.73 Å². The number of anilines is 3. The van der Waals surface area contributed by atoms with Crippen LogP contribution in [0.5, 0.6) is 0 Å². The van der Waals surface area contributed by atoms with Gasteiger partial charge in [-0.1, -0.05) is 0 Å². The second-order valence-electron chi connectivity index (χ2n) is 4.74. The molecule has 7 heteroatoms. The predicted octanol–water partition coefficient (Wildman–Crippen LogP) is 2.97. The summed E-state index contributed by atoms with van der Waals surface area (Å²) in [5.74, 6) is 1.35. The summed E-state index contributed by atoms with van der Waals surface area (Å²) >= 11 is 1.68. The molecule has 0 unspecified atom stereocenters. The van der Waals surface area contributed by atoms with E-state index in [1.165, 1.54) is 11.0 Å². The van der Waals surface area contributed by atoms with Crippen molar-refractivity contribution in [3.8, 4) is 0 Å². The molecule has 104 valence electrons. The summed E-state index contributed by atoms with van der Waals surface area (Å²) in [4.78, 5) is 8.44. The van der Waals surface area contributed by atoms with Crippen molar-refractivity contribution in [1.82, 2.24) is 19.6 Å². The van der Waals surface area contributed by atoms with Gasteiger partial charge >= 0.3 is 0 Å². The van der Waals surface area contributed by atoms with Gasteiger partial charge in [-0.05, 0) is 30.5 Å². The number of hydrogen-bond acceptors (Lipinski definition) is 6. The molecule has 4 aromatic rings. The molecule has 0 saturated heterocycles. The molecule has 0 aliphatic carbocycles. The maximum atomic E-state index is 6.25. The van der Waals surface area contributed by atoms with Crippen molar-refractivity contribution in [2.45, 2.75) is 6.92 Å². The highest BCUT2D eigenvalue weighted by Gasteiger charge is 2.09. The Balaban J connectivity index is 1.86. The smallest absolute Gasteiger partial charge is 0.254 e. The van der Waals surface area contributed by atoms with Crippen molar-refractivity contribution in [3.05, 3.63) is 41.7 Å². The van der Waals surface area contributed by atoms with Gasteiger partial charge in [0.15, 0.2) is 0 Å². The van der Waals surface area contributed by atoms with Gasteiger partial charge in [-0.15, -0.1) is 11.3 Å². The number of nitrogens with zero attached hydrogens (tertiary/aromatic N) is 4. The SMILES string of the molecule is Cc1cc(Nc2ccc3sccc3c2N)n2ncnc2n1. The lowest BCUT2D eigenvalue weighted by Crippen LogP contribution is -2.04. The van der Waals surface area contributed by atoms with Crippen LogP contribution >= 0.6 is 11.3 Å². The molecule has 0 saturated carbocycles. The molecule has 1 aromatic carbocycles. The summed E-state index contributed by atoms with van der Waals surface area (Å²) < 4.78 is 2.83. The Morgan fingerprint density at radius 1 is 1.29 bits per heavy atom. The van der Waals surface area contributed by atoms with Gasteiger partial charge in [0.05, 0.1) is 11.4 Å². The Morgan fingerprint density at radius 3 is 3.10 bits per heavy atom. The predicted molar refractivity (Wildman–Crippen MR) is 85.0 cm³/mol. The topological polar surface area (TPSA) is 81.1 Å². The summed E-state index contributed by atoms with van der Waals surface area (Å²) in [7, 11) is 0. The quantitative estimate of drug-likeness (QED) is 0.556. The fourth-order valence-corrected chi connectivity index (χ4v) is 3.14. The molecular formula is C14H12N6S. The first-order chi connectivity index (χ1) is 10.2. The van der Waals surface area contributed by atoms with Crippen LogP contribution in [0.1, 0.15) is 5.69 Å². The van der Waals surface area contributed by atoms with Crippen LogP contribution in [0.3, 0.4) is 0 Å². The largest absolute Gasteiger partial charge is 0.397 e. The number of rotatable bonds is 2. The van der Waals surface area contributed by atoms with E-state index in [0.29, 0.717) is 5.78 Å². The number of benzene rings is 1. The fraction of sp³-hybridized carbons (Fsp3) is 0.0714. The molecule has 0 bridgehead atoms. The van der Waals surface area contributed by atoms with Crippen molar-refractivity contribution in [2.75, 3.05) is 11.1 Å². The first-order valence-corrected chi connectivity index (χ1v) is 7.30. The lowest BCUT2D eigenvalue weighted by molar-refractivity contribution is 0.937. The molecular weight excluding hydrogens is 284 g/mol. The summed E-state index contributed by atoms with van der Waals surface area (Å²) in [5, 5.41) is 10.6. The fourth-order valence-electron chi connectivity index (χ4n) is 2.33. The van der Waals surface area contributed by atoms with E-state index < -0.39 is 0 Å². The minimum Gasteiger partial charge on any atom is -0.397 e. The molecule has 0 aliphatic rings. The number of aryl methyl sites for hydroxylation is 1. The Bertz CT molecular complexity index is 955. The second-order valence-corrected chi connectivity index (χ2v) is 5.69. The van der Waals surface area contributed by atoms with Crippen LogP contribution < -0.4 is 11.1 Å². The lowest BCUT2D eigenvalue weighted by Gasteiger charge is -2.11. The molecule has 0 radical (unpaired) electrons. The average molecular weight is 296 g/mol. The maximum Gasteiger partial charge on any atom is 0.254 e. The summed E-state index contributed by atoms with van der Waals surface area (Å²) in [6.07, 6.45) is 1.48. The van der Waals surface area contributed by atoms with Crippen molar-refractivity contribution < 1.29 is 0 Å². The number of nitrogens with two attached hydrogens (primary N) is 1. The minimum absolute atomic E-state index is 0.563. The lowest BCUT2D eigenvalue weighted by atomic mass is 10.2. The van der Waals surface area contributed by atoms with Gasteiger partial charge in [-0.25, -0.2) is 4.98 Å². The van der Waals surface area contributed by atoms with Crippen molar-refractivity contribution >= 4 is 44.4 Å². The number of aromatic nitrogens is 4. The van der Waals surface area contributed by atoms with E-state index in [9.17, 15) is 0 Å². The zero-order valence-electron chi connectivity index (χ0n) is 11.2. The van der Waals surface area contributed by atoms with Crippen molar-refractivity contribution in [3.63, 3.8) is 0 Å². The van der Waals surface area contributed by atoms with Gasteiger partial charge in [0.2, 0.25) is 0 Å². The third kappa shape index (κ3) is 1.90. The third-order valence-corrected chi connectivity index (χ3v) is 4.20. The molecule has 0 aliphatic heterocycles. The van der Waals surface area contributed by atoms with E-state index in [-0.39, 0.29) is 0 Å². The van der Waals surface area contributed by atoms with E-state index in [2.05, 4.69) is 26.4 Å². The number of thiophene rings is 1. The Hall–Kier alpha value is -2.67. The molecule has 3 N–H and O–H groups in total. The Morgan fingerprint density at radius 2 is 2.19 bits per heavy atom. The average Bonchev–Trinajstić information content (AvgIpc) is 3.10. The van der Waals surface area contributed by atoms with E-state index >= 15 is 0 Å². The number of fused-ring (bicyclic) bond motifs is 2. The molecule has 21 heavy (non-hydrogen) atoms. The van der Waals surface area contributed by atoms with Crippen LogP contribution in [0.2, 0.25) is 0 Å². The van der Waals surface area contributed by atoms with Gasteiger partial charge in [0, 0.05) is 21.8 Å². The van der Waals surface area contributed by atoms with Gasteiger partial charge in [-0.2, -0.15) is 14.6 Å². The van der Waals surface area contributed by atoms with E-state index in [1.807, 2.05) is 30.5 Å². The molecule has 0 atom stereocenters. The van der Waals surface area contributed by atoms with Gasteiger partial charge in [0.25, 0.3) is 5.78 Å². The van der Waals surface area contributed by atoms with E-state index in [1.54, 1.807) is 15.9 Å². The first-order valence-electron chi connectivity index (χ1n) is 6.42. The molecule has 0 spiro atoms. The van der Waals surface area contributed by atoms with Gasteiger partial charge < -0.3 is 11.1 Å². The van der Waals surface area contributed by atoms with Crippen LogP contribution in [-0.4, -0.2) is 19.6 Å². The third-order valence-electron chi connectivity index (χ3n) is 3.32. The monoisotopic (exact) mass is 296 g/mol. The number of hydrogen-bond donors (Lipinski definition) is 2. The van der Waals surface area contributed by atoms with Crippen LogP contribution in [0.4, 0.5) is 17.2 Å². The number of nitrogen functional groups attached to an aromatic ring is 1. The Kier molecular flexibility index (Phi) is 2.55. The minimum atomic E-state index is 0.563. The Labute approximate surface area is 124 Å². The van der Waals surface area contributed by atoms with Crippen LogP contribution in [0.15, 0.2) is 36.0 Å². The summed E-state index contributed by atoms with van der Waals surface area (Å²) in [6, 6.07) is 7.99. The summed E-state index contributed by atoms with van der Waals surface area (Å²) in [5.41, 5.74) is 8.70. The normalized spacial score (nSPS) is 11.3. The number of nitrogens with one attached hydrogen (secondary N) is 1. The maximum absolute atomic E-state index is 6.25. The first kappa shape index (κ1) is 12.1. The zero-order chi connectivity index (χ0) is 14.4. The van der Waals surface area contributed by atoms with Gasteiger partial charge in [0.1, 0.15) is 12.1 Å². The zero-order valence-corrected chi connectivity index (χ0v) is 12.1. The molecule has 0 fully saturated rings. The molecule has 0 amide bonds. The summed E-state index contributed by atoms with van der Waals surface area (Å²) in [6.45, 7) is 1.92. The highest BCUT2D eigenvalue weighted by molar-refractivity contribution is 7.17. The van der Waals surface area contributed by atoms with Gasteiger partial charge in [-0.3, -0.25) is 0 Å². The highest BCUT2D eigenvalue weighted by atomic mass is 32.1. The van der Waals surface area contributed by atoms with Crippen molar-refractivity contribution in [1.29, 1.82) is 0 Å². The van der Waals surface area contributed by atoms with Crippen LogP contribution in [0, 0.1) is 6.92 Å².